The molecule has 3 nitrogen and oxygen atoms in total. The summed E-state index contributed by atoms with van der Waals surface area (Å²) >= 11 is 6.76. The van der Waals surface area contributed by atoms with E-state index in [2.05, 4.69) is 11.1 Å². The Kier molecular flexibility index (Phi) is 4.42. The fraction of sp³-hybridized carbons (Fsp3) is 0.333. The summed E-state index contributed by atoms with van der Waals surface area (Å²) in [6, 6.07) is 0. The fourth-order valence-electron chi connectivity index (χ4n) is 1.43. The average molecular weight is 236 g/mol. The summed E-state index contributed by atoms with van der Waals surface area (Å²) in [5, 5.41) is 11.4. The molecule has 0 saturated heterocycles. The Hall–Kier alpha value is -0.273. The first-order valence-corrected chi connectivity index (χ1v) is 5.45. The number of aromatic nitrogens is 1. The third-order valence-electron chi connectivity index (χ3n) is 2.09. The van der Waals surface area contributed by atoms with Crippen molar-refractivity contribution in [3.63, 3.8) is 0 Å². The number of aromatic carboxylic acids is 1. The van der Waals surface area contributed by atoms with Crippen molar-refractivity contribution in [2.24, 2.45) is 0 Å². The minimum absolute atomic E-state index is 0. The van der Waals surface area contributed by atoms with Crippen LogP contribution in [0.3, 0.4) is 0 Å². The van der Waals surface area contributed by atoms with E-state index in [1.807, 2.05) is 0 Å². The van der Waals surface area contributed by atoms with Gasteiger partial charge in [0.2, 0.25) is 0 Å². The Balaban J connectivity index is 0.00000112. The second kappa shape index (κ2) is 5.18. The summed E-state index contributed by atoms with van der Waals surface area (Å²) in [7, 11) is 0. The fourth-order valence-corrected chi connectivity index (χ4v) is 2.62. The van der Waals surface area contributed by atoms with Gasteiger partial charge in [-0.25, -0.2) is 4.98 Å². The van der Waals surface area contributed by atoms with Crippen LogP contribution < -0.4 is 24.0 Å². The van der Waals surface area contributed by atoms with Crippen LogP contribution in [0.2, 0.25) is 5.15 Å². The van der Waals surface area contributed by atoms with Gasteiger partial charge >= 0.3 is 18.9 Å². The number of rotatable bonds is 2. The standard InChI is InChI=1S/C9H8ClNO2S.Li/c10-7-6(9(12)13)14-8(11-7)5-3-1-2-4-5;/h3H,1-2,4H2,(H,12,13);/q;+1/p-1. The molecule has 1 aliphatic carbocycles. The Morgan fingerprint density at radius 2 is 2.33 bits per heavy atom. The van der Waals surface area contributed by atoms with E-state index < -0.39 is 5.97 Å². The number of carboxylic acid groups (broad SMARTS) is 1. The molecular formula is C9H7ClLiNO2S. The van der Waals surface area contributed by atoms with E-state index in [4.69, 9.17) is 11.6 Å². The smallest absolute Gasteiger partial charge is 0.544 e. The van der Waals surface area contributed by atoms with Crippen LogP contribution >= 0.6 is 22.9 Å². The van der Waals surface area contributed by atoms with Gasteiger partial charge in [0.1, 0.15) is 10.2 Å². The van der Waals surface area contributed by atoms with Gasteiger partial charge in [-0.2, -0.15) is 0 Å². The molecule has 0 atom stereocenters. The molecule has 15 heavy (non-hydrogen) atoms. The Morgan fingerprint density at radius 1 is 1.60 bits per heavy atom. The molecule has 0 radical (unpaired) electrons. The summed E-state index contributed by atoms with van der Waals surface area (Å²) in [6.07, 6.45) is 5.17. The van der Waals surface area contributed by atoms with Crippen molar-refractivity contribution in [1.82, 2.24) is 4.98 Å². The van der Waals surface area contributed by atoms with Crippen molar-refractivity contribution in [3.8, 4) is 0 Å². The number of nitrogens with zero attached hydrogens (tertiary/aromatic N) is 1. The van der Waals surface area contributed by atoms with Gasteiger partial charge in [-0.15, -0.1) is 11.3 Å². The minimum Gasteiger partial charge on any atom is -0.544 e. The van der Waals surface area contributed by atoms with E-state index in [0.717, 1.165) is 36.2 Å². The van der Waals surface area contributed by atoms with Gasteiger partial charge in [0.15, 0.2) is 0 Å². The molecule has 0 aromatic carbocycles. The third-order valence-corrected chi connectivity index (χ3v) is 3.58. The molecule has 0 amide bonds. The molecule has 1 aromatic heterocycles. The van der Waals surface area contributed by atoms with E-state index >= 15 is 0 Å². The third kappa shape index (κ3) is 2.64. The molecule has 0 N–H and O–H groups in total. The van der Waals surface area contributed by atoms with Crippen LogP contribution in [-0.2, 0) is 0 Å². The van der Waals surface area contributed by atoms with Crippen molar-refractivity contribution < 1.29 is 28.8 Å². The number of carboxylic acids is 1. The monoisotopic (exact) mass is 235 g/mol. The number of carbonyl (C=O) groups is 1. The van der Waals surface area contributed by atoms with Crippen LogP contribution in [0.15, 0.2) is 6.08 Å². The Labute approximate surface area is 108 Å². The maximum Gasteiger partial charge on any atom is 1.00 e. The van der Waals surface area contributed by atoms with Gasteiger partial charge in [-0.1, -0.05) is 17.7 Å². The van der Waals surface area contributed by atoms with E-state index in [-0.39, 0.29) is 28.9 Å². The number of hydrogen-bond donors (Lipinski definition) is 0. The molecule has 0 unspecified atom stereocenters. The number of hydrogen-bond acceptors (Lipinski definition) is 4. The second-order valence-corrected chi connectivity index (χ2v) is 4.41. The summed E-state index contributed by atoms with van der Waals surface area (Å²) in [6.45, 7) is 0. The van der Waals surface area contributed by atoms with Gasteiger partial charge in [0.25, 0.3) is 0 Å². The SMILES string of the molecule is O=C([O-])c1sc(C2=CCCC2)nc1Cl.[Li+]. The average Bonchev–Trinajstić information content (AvgIpc) is 2.70. The van der Waals surface area contributed by atoms with Crippen LogP contribution in [0.1, 0.15) is 33.9 Å². The normalized spacial score (nSPS) is 14.6. The van der Waals surface area contributed by atoms with Crippen LogP contribution in [0, 0.1) is 0 Å². The molecule has 1 heterocycles. The number of carbonyl (C=O) groups excluding carboxylic acids is 1. The molecular weight excluding hydrogens is 229 g/mol. The summed E-state index contributed by atoms with van der Waals surface area (Å²) in [4.78, 5) is 14.6. The molecule has 2 rings (SSSR count). The molecule has 74 valence electrons. The van der Waals surface area contributed by atoms with Gasteiger partial charge in [0.05, 0.1) is 10.8 Å². The van der Waals surface area contributed by atoms with Gasteiger partial charge in [-0.05, 0) is 24.8 Å². The van der Waals surface area contributed by atoms with Gasteiger partial charge < -0.3 is 9.90 Å². The van der Waals surface area contributed by atoms with E-state index in [1.165, 1.54) is 0 Å². The van der Waals surface area contributed by atoms with Crippen molar-refractivity contribution in [2.75, 3.05) is 0 Å². The van der Waals surface area contributed by atoms with E-state index in [9.17, 15) is 9.90 Å². The maximum atomic E-state index is 10.6. The van der Waals surface area contributed by atoms with E-state index in [0.29, 0.717) is 5.01 Å². The molecule has 0 spiro atoms. The van der Waals surface area contributed by atoms with Gasteiger partial charge in [0, 0.05) is 0 Å². The van der Waals surface area contributed by atoms with Gasteiger partial charge in [-0.3, -0.25) is 0 Å². The first-order chi connectivity index (χ1) is 6.68. The number of thiazole rings is 1. The molecule has 0 saturated carbocycles. The largest absolute Gasteiger partial charge is 1.00 e. The van der Waals surface area contributed by atoms with Crippen LogP contribution in [0.25, 0.3) is 5.57 Å². The quantitative estimate of drug-likeness (QED) is 0.601. The predicted molar refractivity (Wildman–Crippen MR) is 53.3 cm³/mol. The van der Waals surface area contributed by atoms with Crippen LogP contribution in [0.5, 0.6) is 0 Å². The van der Waals surface area contributed by atoms with Crippen molar-refractivity contribution in [2.45, 2.75) is 19.3 Å². The van der Waals surface area contributed by atoms with Crippen molar-refractivity contribution in [3.05, 3.63) is 21.1 Å². The van der Waals surface area contributed by atoms with Crippen molar-refractivity contribution >= 4 is 34.5 Å². The maximum absolute atomic E-state index is 10.6. The summed E-state index contributed by atoms with van der Waals surface area (Å²) in [5.41, 5.74) is 1.10. The molecule has 1 aromatic rings. The first-order valence-electron chi connectivity index (χ1n) is 4.25. The summed E-state index contributed by atoms with van der Waals surface area (Å²) in [5.74, 6) is -1.25. The Bertz CT molecular complexity index is 416. The molecule has 0 fully saturated rings. The Morgan fingerprint density at radius 3 is 2.80 bits per heavy atom. The zero-order valence-corrected chi connectivity index (χ0v) is 9.82. The van der Waals surface area contributed by atoms with Crippen LogP contribution in [0.4, 0.5) is 0 Å². The number of halogens is 1. The number of allylic oxidation sites excluding steroid dienone is 2. The molecule has 0 bridgehead atoms. The predicted octanol–water partition coefficient (Wildman–Crippen LogP) is -1.27. The first kappa shape index (κ1) is 12.8. The summed E-state index contributed by atoms with van der Waals surface area (Å²) < 4.78 is 0. The molecule has 6 heteroatoms. The topological polar surface area (TPSA) is 53.0 Å². The molecule has 1 aliphatic rings. The van der Waals surface area contributed by atoms with Crippen molar-refractivity contribution in [1.29, 1.82) is 0 Å². The second-order valence-electron chi connectivity index (χ2n) is 3.05. The van der Waals surface area contributed by atoms with Crippen LogP contribution in [-0.4, -0.2) is 11.0 Å². The zero-order chi connectivity index (χ0) is 10.1. The molecule has 0 aliphatic heterocycles. The van der Waals surface area contributed by atoms with E-state index in [1.54, 1.807) is 0 Å². The minimum atomic E-state index is -1.25. The zero-order valence-electron chi connectivity index (χ0n) is 8.25.